The number of H-pyrrole nitrogens is 1. The lowest BCUT2D eigenvalue weighted by atomic mass is 10.1. The van der Waals surface area contributed by atoms with E-state index in [-0.39, 0.29) is 0 Å². The third-order valence-corrected chi connectivity index (χ3v) is 2.67. The molecule has 3 heteroatoms. The van der Waals surface area contributed by atoms with Crippen LogP contribution in [-0.2, 0) is 0 Å². The molecule has 0 atom stereocenters. The van der Waals surface area contributed by atoms with Crippen molar-refractivity contribution in [3.8, 4) is 11.4 Å². The Labute approximate surface area is 89.4 Å². The van der Waals surface area contributed by atoms with Crippen molar-refractivity contribution in [1.29, 1.82) is 0 Å². The highest BCUT2D eigenvalue weighted by atomic mass is 14.9. The van der Waals surface area contributed by atoms with E-state index in [9.17, 15) is 0 Å². The fourth-order valence-electron chi connectivity index (χ4n) is 1.51. The number of aryl methyl sites for hydroxylation is 3. The van der Waals surface area contributed by atoms with E-state index in [0.29, 0.717) is 0 Å². The number of aromatic amines is 1. The lowest BCUT2D eigenvalue weighted by Gasteiger charge is -2.02. The SMILES string of the molecule is Cc1cc(-c2nc(C)c(C)[nH]2)ccc1N. The van der Waals surface area contributed by atoms with Gasteiger partial charge in [0, 0.05) is 16.9 Å². The van der Waals surface area contributed by atoms with Gasteiger partial charge < -0.3 is 10.7 Å². The van der Waals surface area contributed by atoms with Gasteiger partial charge in [-0.05, 0) is 44.5 Å². The second-order valence-electron chi connectivity index (χ2n) is 3.87. The van der Waals surface area contributed by atoms with Crippen LogP contribution in [0.2, 0.25) is 0 Å². The second kappa shape index (κ2) is 3.42. The number of aromatic nitrogens is 2. The van der Waals surface area contributed by atoms with Crippen molar-refractivity contribution in [2.24, 2.45) is 0 Å². The van der Waals surface area contributed by atoms with Gasteiger partial charge in [-0.2, -0.15) is 0 Å². The normalized spacial score (nSPS) is 10.6. The number of imidazole rings is 1. The summed E-state index contributed by atoms with van der Waals surface area (Å²) in [7, 11) is 0. The van der Waals surface area contributed by atoms with Crippen LogP contribution in [0, 0.1) is 20.8 Å². The Kier molecular flexibility index (Phi) is 2.23. The van der Waals surface area contributed by atoms with E-state index < -0.39 is 0 Å². The topological polar surface area (TPSA) is 54.7 Å². The lowest BCUT2D eigenvalue weighted by Crippen LogP contribution is -1.90. The monoisotopic (exact) mass is 201 g/mol. The Hall–Kier alpha value is -1.77. The number of benzene rings is 1. The van der Waals surface area contributed by atoms with Gasteiger partial charge in [0.2, 0.25) is 0 Å². The largest absolute Gasteiger partial charge is 0.399 e. The maximum absolute atomic E-state index is 5.77. The van der Waals surface area contributed by atoms with Crippen molar-refractivity contribution in [3.63, 3.8) is 0 Å². The van der Waals surface area contributed by atoms with Gasteiger partial charge in [0.05, 0.1) is 5.69 Å². The summed E-state index contributed by atoms with van der Waals surface area (Å²) in [6.45, 7) is 6.02. The van der Waals surface area contributed by atoms with Crippen LogP contribution in [-0.4, -0.2) is 9.97 Å². The Morgan fingerprint density at radius 3 is 2.47 bits per heavy atom. The number of nitrogens with zero attached hydrogens (tertiary/aromatic N) is 1. The highest BCUT2D eigenvalue weighted by Gasteiger charge is 2.05. The fraction of sp³-hybridized carbons (Fsp3) is 0.250. The number of nitrogens with two attached hydrogens (primary N) is 1. The average molecular weight is 201 g/mol. The van der Waals surface area contributed by atoms with Crippen LogP contribution in [0.25, 0.3) is 11.4 Å². The van der Waals surface area contributed by atoms with Crippen molar-refractivity contribution in [1.82, 2.24) is 9.97 Å². The van der Waals surface area contributed by atoms with Gasteiger partial charge in [0.1, 0.15) is 5.82 Å². The Morgan fingerprint density at radius 1 is 1.20 bits per heavy atom. The first-order valence-electron chi connectivity index (χ1n) is 4.97. The molecule has 0 saturated carbocycles. The van der Waals surface area contributed by atoms with E-state index in [1.807, 2.05) is 39.0 Å². The molecule has 0 radical (unpaired) electrons. The van der Waals surface area contributed by atoms with Crippen LogP contribution >= 0.6 is 0 Å². The Morgan fingerprint density at radius 2 is 1.93 bits per heavy atom. The molecule has 0 aliphatic carbocycles. The number of hydrogen-bond acceptors (Lipinski definition) is 2. The third-order valence-electron chi connectivity index (χ3n) is 2.67. The standard InChI is InChI=1S/C12H15N3/c1-7-6-10(4-5-11(7)13)12-14-8(2)9(3)15-12/h4-6H,13H2,1-3H3,(H,14,15). The van der Waals surface area contributed by atoms with Gasteiger partial charge in [-0.3, -0.25) is 0 Å². The molecular formula is C12H15N3. The molecule has 0 fully saturated rings. The zero-order chi connectivity index (χ0) is 11.0. The number of nitrogens with one attached hydrogen (secondary N) is 1. The lowest BCUT2D eigenvalue weighted by molar-refractivity contribution is 1.22. The van der Waals surface area contributed by atoms with Crippen molar-refractivity contribution in [3.05, 3.63) is 35.2 Å². The third kappa shape index (κ3) is 1.73. The molecule has 2 rings (SSSR count). The minimum absolute atomic E-state index is 0.818. The van der Waals surface area contributed by atoms with E-state index in [1.165, 1.54) is 0 Å². The molecule has 0 unspecified atom stereocenters. The van der Waals surface area contributed by atoms with E-state index in [4.69, 9.17) is 5.73 Å². The summed E-state index contributed by atoms with van der Waals surface area (Å²) in [6.07, 6.45) is 0. The fourth-order valence-corrected chi connectivity index (χ4v) is 1.51. The summed E-state index contributed by atoms with van der Waals surface area (Å²) in [5.41, 5.74) is 10.9. The molecule has 0 saturated heterocycles. The minimum atomic E-state index is 0.818. The number of rotatable bonds is 1. The van der Waals surface area contributed by atoms with Gasteiger partial charge in [0.15, 0.2) is 0 Å². The van der Waals surface area contributed by atoms with Crippen molar-refractivity contribution >= 4 is 5.69 Å². The Balaban J connectivity index is 2.49. The van der Waals surface area contributed by atoms with E-state index >= 15 is 0 Å². The molecule has 0 aliphatic rings. The second-order valence-corrected chi connectivity index (χ2v) is 3.87. The highest BCUT2D eigenvalue weighted by molar-refractivity contribution is 5.62. The van der Waals surface area contributed by atoms with Gasteiger partial charge in [-0.25, -0.2) is 4.98 Å². The summed E-state index contributed by atoms with van der Waals surface area (Å²) in [4.78, 5) is 7.71. The smallest absolute Gasteiger partial charge is 0.137 e. The summed E-state index contributed by atoms with van der Waals surface area (Å²) in [6, 6.07) is 5.95. The van der Waals surface area contributed by atoms with Crippen LogP contribution in [0.4, 0.5) is 5.69 Å². The van der Waals surface area contributed by atoms with Crippen LogP contribution in [0.5, 0.6) is 0 Å². The molecule has 78 valence electrons. The first kappa shape index (κ1) is 9.77. The molecule has 1 heterocycles. The van der Waals surface area contributed by atoms with Crippen LogP contribution < -0.4 is 5.73 Å². The van der Waals surface area contributed by atoms with Gasteiger partial charge in [-0.15, -0.1) is 0 Å². The van der Waals surface area contributed by atoms with E-state index in [0.717, 1.165) is 34.0 Å². The zero-order valence-corrected chi connectivity index (χ0v) is 9.26. The van der Waals surface area contributed by atoms with E-state index in [1.54, 1.807) is 0 Å². The summed E-state index contributed by atoms with van der Waals surface area (Å²) in [5.74, 6) is 0.910. The van der Waals surface area contributed by atoms with Gasteiger partial charge >= 0.3 is 0 Å². The molecule has 0 bridgehead atoms. The maximum atomic E-state index is 5.77. The Bertz CT molecular complexity index is 478. The minimum Gasteiger partial charge on any atom is -0.399 e. The van der Waals surface area contributed by atoms with Crippen molar-refractivity contribution in [2.45, 2.75) is 20.8 Å². The number of anilines is 1. The molecule has 3 nitrogen and oxygen atoms in total. The molecule has 2 aromatic rings. The number of nitrogen functional groups attached to an aromatic ring is 1. The molecule has 1 aromatic carbocycles. The number of hydrogen-bond donors (Lipinski definition) is 2. The van der Waals surface area contributed by atoms with E-state index in [2.05, 4.69) is 9.97 Å². The van der Waals surface area contributed by atoms with Gasteiger partial charge in [0.25, 0.3) is 0 Å². The first-order chi connectivity index (χ1) is 7.08. The summed E-state index contributed by atoms with van der Waals surface area (Å²) >= 11 is 0. The molecule has 3 N–H and O–H groups in total. The van der Waals surface area contributed by atoms with Crippen LogP contribution in [0.3, 0.4) is 0 Å². The van der Waals surface area contributed by atoms with Crippen LogP contribution in [0.1, 0.15) is 17.0 Å². The van der Waals surface area contributed by atoms with Gasteiger partial charge in [-0.1, -0.05) is 0 Å². The average Bonchev–Trinajstić information content (AvgIpc) is 2.52. The highest BCUT2D eigenvalue weighted by Crippen LogP contribution is 2.21. The molecule has 1 aromatic heterocycles. The maximum Gasteiger partial charge on any atom is 0.137 e. The summed E-state index contributed by atoms with van der Waals surface area (Å²) in [5, 5.41) is 0. The molecular weight excluding hydrogens is 186 g/mol. The quantitative estimate of drug-likeness (QED) is 0.697. The molecule has 0 aliphatic heterocycles. The zero-order valence-electron chi connectivity index (χ0n) is 9.26. The first-order valence-corrected chi connectivity index (χ1v) is 4.97. The summed E-state index contributed by atoms with van der Waals surface area (Å²) < 4.78 is 0. The predicted octanol–water partition coefficient (Wildman–Crippen LogP) is 2.58. The molecule has 0 amide bonds. The van der Waals surface area contributed by atoms with Crippen LogP contribution in [0.15, 0.2) is 18.2 Å². The van der Waals surface area contributed by atoms with Crippen molar-refractivity contribution in [2.75, 3.05) is 5.73 Å². The molecule has 0 spiro atoms. The predicted molar refractivity (Wildman–Crippen MR) is 62.6 cm³/mol. The molecule has 15 heavy (non-hydrogen) atoms. The van der Waals surface area contributed by atoms with Crippen molar-refractivity contribution < 1.29 is 0 Å².